The van der Waals surface area contributed by atoms with Crippen molar-refractivity contribution >= 4 is 17.5 Å². The third-order valence-electron chi connectivity index (χ3n) is 3.94. The van der Waals surface area contributed by atoms with Crippen LogP contribution < -0.4 is 5.32 Å². The Labute approximate surface area is 135 Å². The first-order valence-corrected chi connectivity index (χ1v) is 7.93. The summed E-state index contributed by atoms with van der Waals surface area (Å²) in [6.45, 7) is 2.99. The van der Waals surface area contributed by atoms with Crippen molar-refractivity contribution in [2.24, 2.45) is 0 Å². The number of likely N-dealkylation sites (tertiary alicyclic amines) is 1. The number of furan rings is 1. The van der Waals surface area contributed by atoms with E-state index in [1.54, 1.807) is 12.1 Å². The van der Waals surface area contributed by atoms with Crippen molar-refractivity contribution < 1.29 is 9.21 Å². The monoisotopic (exact) mass is 318 g/mol. The van der Waals surface area contributed by atoms with E-state index >= 15 is 0 Å². The van der Waals surface area contributed by atoms with Gasteiger partial charge in [0.15, 0.2) is 11.0 Å². The van der Waals surface area contributed by atoms with Crippen LogP contribution in [0.3, 0.4) is 0 Å². The molecule has 1 saturated heterocycles. The van der Waals surface area contributed by atoms with Crippen molar-refractivity contribution in [1.82, 2.24) is 10.2 Å². The van der Waals surface area contributed by atoms with E-state index in [2.05, 4.69) is 10.2 Å². The third kappa shape index (κ3) is 3.70. The fraction of sp³-hybridized carbons (Fsp3) is 0.353. The Morgan fingerprint density at radius 2 is 1.91 bits per heavy atom. The number of amides is 1. The summed E-state index contributed by atoms with van der Waals surface area (Å²) < 4.78 is 5.19. The Morgan fingerprint density at radius 1 is 1.18 bits per heavy atom. The Hall–Kier alpha value is -1.78. The van der Waals surface area contributed by atoms with Gasteiger partial charge in [-0.1, -0.05) is 30.3 Å². The Bertz CT molecular complexity index is 621. The molecule has 1 aromatic carbocycles. The van der Waals surface area contributed by atoms with Crippen molar-refractivity contribution in [1.29, 1.82) is 0 Å². The van der Waals surface area contributed by atoms with Gasteiger partial charge in [-0.05, 0) is 55.2 Å². The quantitative estimate of drug-likeness (QED) is 0.917. The predicted octanol–water partition coefficient (Wildman–Crippen LogP) is 3.50. The van der Waals surface area contributed by atoms with Gasteiger partial charge in [0.25, 0.3) is 5.91 Å². The molecule has 3 rings (SSSR count). The fourth-order valence-corrected chi connectivity index (χ4v) is 2.95. The first-order valence-electron chi connectivity index (χ1n) is 7.56. The molecular formula is C17H19ClN2O2. The van der Waals surface area contributed by atoms with Crippen molar-refractivity contribution in [3.8, 4) is 0 Å². The van der Waals surface area contributed by atoms with Crippen LogP contribution in [0.5, 0.6) is 0 Å². The molecule has 0 saturated carbocycles. The molecule has 0 radical (unpaired) electrons. The van der Waals surface area contributed by atoms with Crippen LogP contribution in [-0.2, 0) is 0 Å². The molecule has 5 heteroatoms. The van der Waals surface area contributed by atoms with Gasteiger partial charge in [-0.25, -0.2) is 0 Å². The summed E-state index contributed by atoms with van der Waals surface area (Å²) >= 11 is 5.74. The fourth-order valence-electron chi connectivity index (χ4n) is 2.81. The van der Waals surface area contributed by atoms with Gasteiger partial charge in [0.2, 0.25) is 0 Å². The van der Waals surface area contributed by atoms with Gasteiger partial charge < -0.3 is 14.6 Å². The molecule has 1 aliphatic heterocycles. The highest BCUT2D eigenvalue weighted by atomic mass is 35.5. The molecule has 4 nitrogen and oxygen atoms in total. The van der Waals surface area contributed by atoms with Crippen LogP contribution in [-0.4, -0.2) is 30.4 Å². The van der Waals surface area contributed by atoms with Gasteiger partial charge in [0.05, 0.1) is 6.04 Å². The molecule has 22 heavy (non-hydrogen) atoms. The number of hydrogen-bond donors (Lipinski definition) is 1. The third-order valence-corrected chi connectivity index (χ3v) is 4.15. The number of benzene rings is 1. The summed E-state index contributed by atoms with van der Waals surface area (Å²) in [5.41, 5.74) is 1.10. The lowest BCUT2D eigenvalue weighted by Crippen LogP contribution is -2.36. The lowest BCUT2D eigenvalue weighted by atomic mass is 10.1. The van der Waals surface area contributed by atoms with Crippen molar-refractivity contribution in [2.75, 3.05) is 19.6 Å². The number of carbonyl (C=O) groups is 1. The van der Waals surface area contributed by atoms with Crippen LogP contribution in [0.4, 0.5) is 0 Å². The zero-order valence-electron chi connectivity index (χ0n) is 12.3. The maximum Gasteiger partial charge on any atom is 0.287 e. The van der Waals surface area contributed by atoms with E-state index in [9.17, 15) is 4.79 Å². The summed E-state index contributed by atoms with van der Waals surface area (Å²) in [6.07, 6.45) is 2.45. The largest absolute Gasteiger partial charge is 0.440 e. The Kier molecular flexibility index (Phi) is 4.80. The van der Waals surface area contributed by atoms with Gasteiger partial charge in [0.1, 0.15) is 0 Å². The smallest absolute Gasteiger partial charge is 0.287 e. The molecule has 2 aromatic rings. The Balaban J connectivity index is 1.74. The second kappa shape index (κ2) is 6.99. The molecule has 1 fully saturated rings. The number of halogens is 1. The first-order chi connectivity index (χ1) is 10.7. The SMILES string of the molecule is O=C(NC(CN1CCCC1)c1ccccc1)c1ccc(Cl)o1. The minimum atomic E-state index is -0.236. The van der Waals surface area contributed by atoms with Gasteiger partial charge in [-0.3, -0.25) is 4.79 Å². The van der Waals surface area contributed by atoms with Crippen molar-refractivity contribution in [3.63, 3.8) is 0 Å². The van der Waals surface area contributed by atoms with Crippen LogP contribution in [0, 0.1) is 0 Å². The molecular weight excluding hydrogens is 300 g/mol. The van der Waals surface area contributed by atoms with E-state index in [0.717, 1.165) is 25.2 Å². The molecule has 2 heterocycles. The van der Waals surface area contributed by atoms with Crippen molar-refractivity contribution in [2.45, 2.75) is 18.9 Å². The van der Waals surface area contributed by atoms with E-state index in [4.69, 9.17) is 16.0 Å². The molecule has 1 amide bonds. The maximum absolute atomic E-state index is 12.3. The molecule has 1 unspecified atom stereocenters. The number of nitrogens with zero attached hydrogens (tertiary/aromatic N) is 1. The average Bonchev–Trinajstić information content (AvgIpc) is 3.19. The zero-order chi connectivity index (χ0) is 15.4. The summed E-state index contributed by atoms with van der Waals surface area (Å²) in [6, 6.07) is 13.1. The normalized spacial score (nSPS) is 16.6. The maximum atomic E-state index is 12.3. The molecule has 116 valence electrons. The zero-order valence-corrected chi connectivity index (χ0v) is 13.1. The summed E-state index contributed by atoms with van der Waals surface area (Å²) in [5, 5.41) is 3.28. The number of carbonyl (C=O) groups excluding carboxylic acids is 1. The second-order valence-electron chi connectivity index (χ2n) is 5.55. The Morgan fingerprint density at radius 3 is 2.55 bits per heavy atom. The highest BCUT2D eigenvalue weighted by Crippen LogP contribution is 2.19. The lowest BCUT2D eigenvalue weighted by molar-refractivity contribution is 0.0899. The molecule has 0 aliphatic carbocycles. The van der Waals surface area contributed by atoms with Crippen LogP contribution in [0.2, 0.25) is 5.22 Å². The molecule has 0 bridgehead atoms. The van der Waals surface area contributed by atoms with Crippen LogP contribution in [0.25, 0.3) is 0 Å². The predicted molar refractivity (Wildman–Crippen MR) is 86.0 cm³/mol. The number of hydrogen-bond acceptors (Lipinski definition) is 3. The number of rotatable bonds is 5. The molecule has 0 spiro atoms. The molecule has 1 aromatic heterocycles. The summed E-state index contributed by atoms with van der Waals surface area (Å²) in [7, 11) is 0. The molecule has 1 N–H and O–H groups in total. The number of nitrogens with one attached hydrogen (secondary N) is 1. The first kappa shape index (κ1) is 15.1. The van der Waals surface area contributed by atoms with E-state index in [1.165, 1.54) is 12.8 Å². The van der Waals surface area contributed by atoms with E-state index in [-0.39, 0.29) is 22.9 Å². The average molecular weight is 319 g/mol. The van der Waals surface area contributed by atoms with Gasteiger partial charge >= 0.3 is 0 Å². The van der Waals surface area contributed by atoms with Crippen molar-refractivity contribution in [3.05, 3.63) is 59.0 Å². The topological polar surface area (TPSA) is 45.5 Å². The standard InChI is InChI=1S/C17H19ClN2O2/c18-16-9-8-15(22-16)17(21)19-14(12-20-10-4-5-11-20)13-6-2-1-3-7-13/h1-3,6-9,14H,4-5,10-12H2,(H,19,21). The molecule has 1 atom stereocenters. The lowest BCUT2D eigenvalue weighted by Gasteiger charge is -2.24. The van der Waals surface area contributed by atoms with E-state index in [0.29, 0.717) is 0 Å². The minimum Gasteiger partial charge on any atom is -0.440 e. The minimum absolute atomic E-state index is 0.0596. The van der Waals surface area contributed by atoms with E-state index in [1.807, 2.05) is 30.3 Å². The second-order valence-corrected chi connectivity index (χ2v) is 5.92. The summed E-state index contributed by atoms with van der Waals surface area (Å²) in [5.74, 6) is 0.00676. The van der Waals surface area contributed by atoms with Gasteiger partial charge in [0, 0.05) is 6.54 Å². The van der Waals surface area contributed by atoms with Crippen LogP contribution in [0.15, 0.2) is 46.9 Å². The highest BCUT2D eigenvalue weighted by Gasteiger charge is 2.22. The van der Waals surface area contributed by atoms with E-state index < -0.39 is 0 Å². The highest BCUT2D eigenvalue weighted by molar-refractivity contribution is 6.29. The van der Waals surface area contributed by atoms with Crippen LogP contribution in [0.1, 0.15) is 35.0 Å². The summed E-state index contributed by atoms with van der Waals surface area (Å²) in [4.78, 5) is 14.7. The van der Waals surface area contributed by atoms with Gasteiger partial charge in [-0.15, -0.1) is 0 Å². The van der Waals surface area contributed by atoms with Crippen LogP contribution >= 0.6 is 11.6 Å². The van der Waals surface area contributed by atoms with Gasteiger partial charge in [-0.2, -0.15) is 0 Å². The molecule has 1 aliphatic rings.